The van der Waals surface area contributed by atoms with Crippen molar-refractivity contribution in [2.75, 3.05) is 26.7 Å². The van der Waals surface area contributed by atoms with Crippen LogP contribution in [-0.2, 0) is 4.79 Å². The Kier molecular flexibility index (Phi) is 5.53. The van der Waals surface area contributed by atoms with E-state index in [4.69, 9.17) is 10.5 Å². The van der Waals surface area contributed by atoms with Gasteiger partial charge in [0.2, 0.25) is 5.91 Å². The predicted molar refractivity (Wildman–Crippen MR) is 82.6 cm³/mol. The number of carbonyl (C=O) groups is 1. The van der Waals surface area contributed by atoms with E-state index < -0.39 is 25.2 Å². The van der Waals surface area contributed by atoms with Crippen molar-refractivity contribution >= 4 is 11.9 Å². The van der Waals surface area contributed by atoms with Gasteiger partial charge in [-0.15, -0.1) is 0 Å². The van der Waals surface area contributed by atoms with Crippen LogP contribution in [0.5, 0.6) is 5.75 Å². The van der Waals surface area contributed by atoms with Gasteiger partial charge < -0.3 is 20.7 Å². The number of halogens is 3. The molecule has 1 atom stereocenters. The van der Waals surface area contributed by atoms with Crippen LogP contribution in [0.1, 0.15) is 18.0 Å². The molecule has 2 rings (SSSR count). The van der Waals surface area contributed by atoms with E-state index in [1.807, 2.05) is 24.3 Å². The summed E-state index contributed by atoms with van der Waals surface area (Å²) in [6, 6.07) is 7.33. The first kappa shape index (κ1) is 17.9. The summed E-state index contributed by atoms with van der Waals surface area (Å²) in [4.78, 5) is 16.0. The lowest BCUT2D eigenvalue weighted by Gasteiger charge is -2.27. The van der Waals surface area contributed by atoms with Gasteiger partial charge in [-0.3, -0.25) is 4.79 Å². The topological polar surface area (TPSA) is 80.0 Å². The normalized spacial score (nSPS) is 17.7. The molecular weight excluding hydrogens is 325 g/mol. The lowest BCUT2D eigenvalue weighted by atomic mass is 10.0. The molecular formula is C15H19F3N4O2. The Bertz CT molecular complexity index is 619. The van der Waals surface area contributed by atoms with Gasteiger partial charge in [0.05, 0.1) is 12.6 Å². The molecule has 1 aromatic carbocycles. The molecule has 1 amide bonds. The molecule has 1 heterocycles. The Balaban J connectivity index is 1.92. The molecule has 9 heteroatoms. The Morgan fingerprint density at radius 3 is 2.88 bits per heavy atom. The predicted octanol–water partition coefficient (Wildman–Crippen LogP) is 1.44. The molecule has 0 aliphatic carbocycles. The number of fused-ring (bicyclic) bond motifs is 1. The maximum Gasteiger partial charge on any atom is 0.406 e. The van der Waals surface area contributed by atoms with E-state index in [0.717, 1.165) is 18.4 Å². The second kappa shape index (κ2) is 7.41. The highest BCUT2D eigenvalue weighted by atomic mass is 19.4. The summed E-state index contributed by atoms with van der Waals surface area (Å²) < 4.78 is 42.2. The molecule has 1 aliphatic heterocycles. The minimum atomic E-state index is -4.44. The van der Waals surface area contributed by atoms with Crippen LogP contribution < -0.4 is 15.8 Å². The number of aliphatic imine (C=N–C) groups is 1. The summed E-state index contributed by atoms with van der Waals surface area (Å²) in [5.41, 5.74) is 6.66. The van der Waals surface area contributed by atoms with Crippen molar-refractivity contribution in [3.05, 3.63) is 29.8 Å². The van der Waals surface area contributed by atoms with Gasteiger partial charge in [0.15, 0.2) is 5.96 Å². The van der Waals surface area contributed by atoms with Crippen LogP contribution in [-0.4, -0.2) is 49.7 Å². The summed E-state index contributed by atoms with van der Waals surface area (Å²) in [7, 11) is 1.07. The smallest absolute Gasteiger partial charge is 0.406 e. The summed E-state index contributed by atoms with van der Waals surface area (Å²) in [5.74, 6) is -0.00930. The highest BCUT2D eigenvalue weighted by molar-refractivity contribution is 5.84. The molecule has 6 nitrogen and oxygen atoms in total. The van der Waals surface area contributed by atoms with E-state index in [1.165, 1.54) is 0 Å². The summed E-state index contributed by atoms with van der Waals surface area (Å²) in [6.45, 7) is -1.26. The number of alkyl halides is 3. The standard InChI is InChI=1S/C15H19F3N4O2/c1-22(9-15(16,17)18)13(23)8-20-14(19)21-11-6-7-24-12-5-3-2-4-10(11)12/h2-5,11H,6-9H2,1H3,(H3,19,20,21). The van der Waals surface area contributed by atoms with E-state index in [2.05, 4.69) is 10.3 Å². The highest BCUT2D eigenvalue weighted by Crippen LogP contribution is 2.31. The number of para-hydroxylation sites is 1. The number of carbonyl (C=O) groups excluding carboxylic acids is 1. The Hall–Kier alpha value is -2.45. The van der Waals surface area contributed by atoms with Gasteiger partial charge in [0.1, 0.15) is 18.8 Å². The number of nitrogens with one attached hydrogen (secondary N) is 1. The maximum absolute atomic E-state index is 12.2. The van der Waals surface area contributed by atoms with Gasteiger partial charge >= 0.3 is 6.18 Å². The van der Waals surface area contributed by atoms with Crippen molar-refractivity contribution in [3.63, 3.8) is 0 Å². The second-order valence-corrected chi connectivity index (χ2v) is 5.44. The van der Waals surface area contributed by atoms with Crippen LogP contribution in [0.4, 0.5) is 13.2 Å². The van der Waals surface area contributed by atoms with E-state index in [1.54, 1.807) is 0 Å². The lowest BCUT2D eigenvalue weighted by molar-refractivity contribution is -0.157. The summed E-state index contributed by atoms with van der Waals surface area (Å²) in [5, 5.41) is 2.97. The molecule has 1 unspecified atom stereocenters. The number of hydrogen-bond donors (Lipinski definition) is 2. The zero-order valence-corrected chi connectivity index (χ0v) is 13.1. The number of ether oxygens (including phenoxy) is 1. The van der Waals surface area contributed by atoms with Crippen LogP contribution in [0.15, 0.2) is 29.3 Å². The third-order valence-corrected chi connectivity index (χ3v) is 3.51. The Labute approximate surface area is 137 Å². The van der Waals surface area contributed by atoms with Crippen molar-refractivity contribution in [1.82, 2.24) is 10.2 Å². The van der Waals surface area contributed by atoms with Gasteiger partial charge in [0, 0.05) is 19.0 Å². The number of benzene rings is 1. The van der Waals surface area contributed by atoms with Gasteiger partial charge in [-0.25, -0.2) is 4.99 Å². The third-order valence-electron chi connectivity index (χ3n) is 3.51. The molecule has 1 aromatic rings. The fraction of sp³-hybridized carbons (Fsp3) is 0.467. The molecule has 0 saturated carbocycles. The number of hydrogen-bond acceptors (Lipinski definition) is 3. The van der Waals surface area contributed by atoms with E-state index >= 15 is 0 Å². The largest absolute Gasteiger partial charge is 0.493 e. The monoisotopic (exact) mass is 344 g/mol. The number of nitrogens with two attached hydrogens (primary N) is 1. The molecule has 132 valence electrons. The third kappa shape index (κ3) is 5.04. The molecule has 0 saturated heterocycles. The van der Waals surface area contributed by atoms with Gasteiger partial charge in [-0.2, -0.15) is 13.2 Å². The second-order valence-electron chi connectivity index (χ2n) is 5.44. The van der Waals surface area contributed by atoms with Crippen molar-refractivity contribution < 1.29 is 22.7 Å². The number of likely N-dealkylation sites (N-methyl/N-ethyl adjacent to an activating group) is 1. The minimum Gasteiger partial charge on any atom is -0.493 e. The van der Waals surface area contributed by atoms with Crippen LogP contribution in [0.2, 0.25) is 0 Å². The van der Waals surface area contributed by atoms with E-state index in [9.17, 15) is 18.0 Å². The van der Waals surface area contributed by atoms with Gasteiger partial charge in [-0.1, -0.05) is 18.2 Å². The Morgan fingerprint density at radius 1 is 1.46 bits per heavy atom. The van der Waals surface area contributed by atoms with Crippen molar-refractivity contribution in [3.8, 4) is 5.75 Å². The average Bonchev–Trinajstić information content (AvgIpc) is 2.51. The SMILES string of the molecule is CN(CC(F)(F)F)C(=O)CN=C(N)NC1CCOc2ccccc21. The van der Waals surface area contributed by atoms with Crippen LogP contribution in [0.3, 0.4) is 0 Å². The zero-order chi connectivity index (χ0) is 17.7. The quantitative estimate of drug-likeness (QED) is 0.640. The fourth-order valence-electron chi connectivity index (χ4n) is 2.35. The van der Waals surface area contributed by atoms with Crippen LogP contribution in [0.25, 0.3) is 0 Å². The Morgan fingerprint density at radius 2 is 2.17 bits per heavy atom. The van der Waals surface area contributed by atoms with Gasteiger partial charge in [-0.05, 0) is 6.07 Å². The number of guanidine groups is 1. The molecule has 1 aliphatic rings. The summed E-state index contributed by atoms with van der Waals surface area (Å²) >= 11 is 0. The first-order chi connectivity index (χ1) is 11.3. The molecule has 0 bridgehead atoms. The molecule has 24 heavy (non-hydrogen) atoms. The lowest BCUT2D eigenvalue weighted by Crippen LogP contribution is -2.40. The number of amides is 1. The maximum atomic E-state index is 12.2. The van der Waals surface area contributed by atoms with E-state index in [-0.39, 0.29) is 12.0 Å². The van der Waals surface area contributed by atoms with Gasteiger partial charge in [0.25, 0.3) is 0 Å². The summed E-state index contributed by atoms with van der Waals surface area (Å²) in [6.07, 6.45) is -3.78. The van der Waals surface area contributed by atoms with Crippen molar-refractivity contribution in [1.29, 1.82) is 0 Å². The number of rotatable bonds is 4. The number of nitrogens with zero attached hydrogens (tertiary/aromatic N) is 2. The molecule has 0 radical (unpaired) electrons. The van der Waals surface area contributed by atoms with Crippen LogP contribution in [0, 0.1) is 0 Å². The first-order valence-corrected chi connectivity index (χ1v) is 7.35. The van der Waals surface area contributed by atoms with Crippen LogP contribution >= 0.6 is 0 Å². The molecule has 0 spiro atoms. The zero-order valence-electron chi connectivity index (χ0n) is 13.1. The van der Waals surface area contributed by atoms with Crippen molar-refractivity contribution in [2.45, 2.75) is 18.6 Å². The fourth-order valence-corrected chi connectivity index (χ4v) is 2.35. The van der Waals surface area contributed by atoms with E-state index in [0.29, 0.717) is 17.9 Å². The highest BCUT2D eigenvalue weighted by Gasteiger charge is 2.31. The molecule has 0 aromatic heterocycles. The average molecular weight is 344 g/mol. The molecule has 3 N–H and O–H groups in total. The first-order valence-electron chi connectivity index (χ1n) is 7.35. The molecule has 0 fully saturated rings. The minimum absolute atomic E-state index is 0.00506. The van der Waals surface area contributed by atoms with Crippen molar-refractivity contribution in [2.24, 2.45) is 10.7 Å².